The number of fused-ring (bicyclic) bond motifs is 1. The van der Waals surface area contributed by atoms with Crippen molar-refractivity contribution in [1.82, 2.24) is 0 Å². The van der Waals surface area contributed by atoms with Crippen LogP contribution in [0.1, 0.15) is 5.56 Å². The average Bonchev–Trinajstić information content (AvgIpc) is 2.50. The first kappa shape index (κ1) is 15.4. The Balaban J connectivity index is 1.70. The summed E-state index contributed by atoms with van der Waals surface area (Å²) in [6.45, 7) is 3.29. The molecular weight excluding hydrogens is 360 g/mol. The van der Waals surface area contributed by atoms with Crippen molar-refractivity contribution < 1.29 is 4.79 Å². The van der Waals surface area contributed by atoms with Crippen molar-refractivity contribution in [3.63, 3.8) is 0 Å². The first-order chi connectivity index (χ1) is 10.6. The van der Waals surface area contributed by atoms with Gasteiger partial charge in [-0.2, -0.15) is 0 Å². The lowest BCUT2D eigenvalue weighted by atomic mass is 10.2. The Morgan fingerprint density at radius 3 is 2.95 bits per heavy atom. The van der Waals surface area contributed by atoms with Gasteiger partial charge in [0.1, 0.15) is 0 Å². The number of anilines is 2. The van der Waals surface area contributed by atoms with Crippen LogP contribution in [0.2, 0.25) is 0 Å². The fourth-order valence-electron chi connectivity index (χ4n) is 2.48. The minimum Gasteiger partial charge on any atom is -0.360 e. The molecule has 1 heterocycles. The molecule has 0 radical (unpaired) electrons. The summed E-state index contributed by atoms with van der Waals surface area (Å²) in [5, 5.41) is 2.98. The summed E-state index contributed by atoms with van der Waals surface area (Å²) < 4.78 is 0.912. The minimum absolute atomic E-state index is 0.00579. The Morgan fingerprint density at radius 2 is 2.14 bits per heavy atom. The van der Waals surface area contributed by atoms with E-state index in [0.29, 0.717) is 6.54 Å². The highest BCUT2D eigenvalue weighted by molar-refractivity contribution is 9.10. The third-order valence-corrected chi connectivity index (χ3v) is 5.26. The van der Waals surface area contributed by atoms with E-state index in [0.717, 1.165) is 33.7 Å². The standard InChI is InChI=1S/C17H17BrN2OS/c1-12-6-7-14(13(18)10-12)19-17(21)11-20-8-9-22-16-5-3-2-4-15(16)20/h2-7,10H,8-9,11H2,1H3,(H,19,21). The number of aryl methyl sites for hydroxylation is 1. The summed E-state index contributed by atoms with van der Waals surface area (Å²) in [6, 6.07) is 14.2. The number of rotatable bonds is 3. The molecule has 0 saturated carbocycles. The van der Waals surface area contributed by atoms with Gasteiger partial charge < -0.3 is 10.2 Å². The largest absolute Gasteiger partial charge is 0.360 e. The van der Waals surface area contributed by atoms with Crippen LogP contribution in [0, 0.1) is 6.92 Å². The van der Waals surface area contributed by atoms with Crippen molar-refractivity contribution in [2.24, 2.45) is 0 Å². The van der Waals surface area contributed by atoms with Gasteiger partial charge in [-0.05, 0) is 52.7 Å². The normalized spacial score (nSPS) is 13.6. The SMILES string of the molecule is Cc1ccc(NC(=O)CN2CCSc3ccccc32)c(Br)c1. The van der Waals surface area contributed by atoms with Crippen molar-refractivity contribution in [2.75, 3.05) is 29.1 Å². The van der Waals surface area contributed by atoms with Crippen LogP contribution in [-0.4, -0.2) is 24.7 Å². The van der Waals surface area contributed by atoms with Gasteiger partial charge in [0.05, 0.1) is 17.9 Å². The lowest BCUT2D eigenvalue weighted by Gasteiger charge is -2.30. The van der Waals surface area contributed by atoms with Gasteiger partial charge >= 0.3 is 0 Å². The van der Waals surface area contributed by atoms with Crippen molar-refractivity contribution in [3.8, 4) is 0 Å². The van der Waals surface area contributed by atoms with Gasteiger partial charge in [-0.3, -0.25) is 4.79 Å². The van der Waals surface area contributed by atoms with Crippen LogP contribution in [0.25, 0.3) is 0 Å². The van der Waals surface area contributed by atoms with Gasteiger partial charge in [0, 0.05) is 21.7 Å². The Kier molecular flexibility index (Phi) is 4.74. The fraction of sp³-hybridized carbons (Fsp3) is 0.235. The molecular formula is C17H17BrN2OS. The smallest absolute Gasteiger partial charge is 0.243 e. The molecule has 22 heavy (non-hydrogen) atoms. The Hall–Kier alpha value is -1.46. The highest BCUT2D eigenvalue weighted by Crippen LogP contribution is 2.34. The second kappa shape index (κ2) is 6.75. The van der Waals surface area contributed by atoms with Crippen LogP contribution in [0.5, 0.6) is 0 Å². The third-order valence-electron chi connectivity index (χ3n) is 3.56. The van der Waals surface area contributed by atoms with Crippen LogP contribution in [-0.2, 0) is 4.79 Å². The highest BCUT2D eigenvalue weighted by atomic mass is 79.9. The van der Waals surface area contributed by atoms with E-state index in [-0.39, 0.29) is 5.91 Å². The van der Waals surface area contributed by atoms with E-state index >= 15 is 0 Å². The number of thioether (sulfide) groups is 1. The molecule has 1 amide bonds. The molecule has 114 valence electrons. The maximum atomic E-state index is 12.3. The zero-order valence-corrected chi connectivity index (χ0v) is 14.7. The number of nitrogens with zero attached hydrogens (tertiary/aromatic N) is 1. The van der Waals surface area contributed by atoms with Crippen LogP contribution < -0.4 is 10.2 Å². The fourth-order valence-corrected chi connectivity index (χ4v) is 4.12. The first-order valence-electron chi connectivity index (χ1n) is 7.16. The molecule has 1 aliphatic rings. The monoisotopic (exact) mass is 376 g/mol. The van der Waals surface area contributed by atoms with Crippen LogP contribution >= 0.6 is 27.7 Å². The van der Waals surface area contributed by atoms with E-state index < -0.39 is 0 Å². The number of hydrogen-bond acceptors (Lipinski definition) is 3. The molecule has 0 aromatic heterocycles. The summed E-state index contributed by atoms with van der Waals surface area (Å²) in [5.41, 5.74) is 3.12. The third kappa shape index (κ3) is 3.47. The van der Waals surface area contributed by atoms with E-state index in [4.69, 9.17) is 0 Å². The van der Waals surface area contributed by atoms with Gasteiger partial charge in [-0.25, -0.2) is 0 Å². The quantitative estimate of drug-likeness (QED) is 0.865. The molecule has 0 aliphatic carbocycles. The molecule has 1 N–H and O–H groups in total. The minimum atomic E-state index is 0.00579. The molecule has 3 nitrogen and oxygen atoms in total. The van der Waals surface area contributed by atoms with Crippen molar-refractivity contribution in [2.45, 2.75) is 11.8 Å². The molecule has 5 heteroatoms. The van der Waals surface area contributed by atoms with E-state index in [1.807, 2.05) is 49.0 Å². The van der Waals surface area contributed by atoms with E-state index in [2.05, 4.69) is 38.3 Å². The van der Waals surface area contributed by atoms with Gasteiger partial charge in [0.15, 0.2) is 0 Å². The van der Waals surface area contributed by atoms with E-state index in [1.54, 1.807) is 0 Å². The molecule has 2 aromatic rings. The molecule has 2 aromatic carbocycles. The maximum absolute atomic E-state index is 12.3. The molecule has 0 unspecified atom stereocenters. The molecule has 0 saturated heterocycles. The molecule has 3 rings (SSSR count). The molecule has 0 atom stereocenters. The van der Waals surface area contributed by atoms with Crippen LogP contribution in [0.4, 0.5) is 11.4 Å². The van der Waals surface area contributed by atoms with Gasteiger partial charge in [-0.15, -0.1) is 11.8 Å². The molecule has 1 aliphatic heterocycles. The second-order valence-corrected chi connectivity index (χ2v) is 7.26. The van der Waals surface area contributed by atoms with Crippen molar-refractivity contribution in [1.29, 1.82) is 0 Å². The number of halogens is 1. The molecule has 0 bridgehead atoms. The van der Waals surface area contributed by atoms with Crippen LogP contribution in [0.3, 0.4) is 0 Å². The number of nitrogens with one attached hydrogen (secondary N) is 1. The van der Waals surface area contributed by atoms with E-state index in [9.17, 15) is 4.79 Å². The average molecular weight is 377 g/mol. The highest BCUT2D eigenvalue weighted by Gasteiger charge is 2.19. The predicted molar refractivity (Wildman–Crippen MR) is 96.9 cm³/mol. The number of carbonyl (C=O) groups is 1. The number of carbonyl (C=O) groups excluding carboxylic acids is 1. The first-order valence-corrected chi connectivity index (χ1v) is 8.94. The van der Waals surface area contributed by atoms with Crippen molar-refractivity contribution in [3.05, 3.63) is 52.5 Å². The Bertz CT molecular complexity index is 705. The summed E-state index contributed by atoms with van der Waals surface area (Å²) >= 11 is 5.34. The lowest BCUT2D eigenvalue weighted by Crippen LogP contribution is -2.36. The second-order valence-electron chi connectivity index (χ2n) is 5.27. The topological polar surface area (TPSA) is 32.3 Å². The van der Waals surface area contributed by atoms with E-state index in [1.165, 1.54) is 4.90 Å². The van der Waals surface area contributed by atoms with Gasteiger partial charge in [-0.1, -0.05) is 18.2 Å². The molecule has 0 spiro atoms. The number of hydrogen-bond donors (Lipinski definition) is 1. The summed E-state index contributed by atoms with van der Waals surface area (Å²) in [6.07, 6.45) is 0. The zero-order valence-electron chi connectivity index (χ0n) is 12.3. The maximum Gasteiger partial charge on any atom is 0.243 e. The number of para-hydroxylation sites is 1. The van der Waals surface area contributed by atoms with Gasteiger partial charge in [0.25, 0.3) is 0 Å². The molecule has 0 fully saturated rings. The number of amides is 1. The lowest BCUT2D eigenvalue weighted by molar-refractivity contribution is -0.115. The summed E-state index contributed by atoms with van der Waals surface area (Å²) in [5.74, 6) is 1.02. The zero-order chi connectivity index (χ0) is 15.5. The van der Waals surface area contributed by atoms with Crippen molar-refractivity contribution >= 4 is 45.0 Å². The predicted octanol–water partition coefficient (Wildman–Crippen LogP) is 4.31. The van der Waals surface area contributed by atoms with Crippen LogP contribution in [0.15, 0.2) is 51.8 Å². The Labute approximate surface area is 143 Å². The summed E-state index contributed by atoms with van der Waals surface area (Å²) in [7, 11) is 0. The summed E-state index contributed by atoms with van der Waals surface area (Å²) in [4.78, 5) is 15.7. The Morgan fingerprint density at radius 1 is 1.32 bits per heavy atom. The van der Waals surface area contributed by atoms with Gasteiger partial charge in [0.2, 0.25) is 5.91 Å². The number of benzene rings is 2.